The lowest BCUT2D eigenvalue weighted by Crippen LogP contribution is -2.47. The van der Waals surface area contributed by atoms with E-state index in [9.17, 15) is 23.3 Å². The van der Waals surface area contributed by atoms with Crippen LogP contribution in [-0.4, -0.2) is 97.1 Å². The summed E-state index contributed by atoms with van der Waals surface area (Å²) in [6, 6.07) is 19.5. The number of allylic oxidation sites excluding steroid dienone is 1. The number of aromatic nitrogens is 2. The van der Waals surface area contributed by atoms with Crippen molar-refractivity contribution in [2.45, 2.75) is 68.6 Å². The molecular weight excluding hydrogens is 870 g/mol. The van der Waals surface area contributed by atoms with Crippen LogP contribution in [0.25, 0.3) is 16.6 Å². The molecule has 64 heavy (non-hydrogen) atoms. The number of carbonyl (C=O) groups is 1. The number of amides is 1. The van der Waals surface area contributed by atoms with Crippen molar-refractivity contribution in [3.8, 4) is 11.5 Å². The predicted octanol–water partition coefficient (Wildman–Crippen LogP) is 9.57. The number of thioether (sulfide) groups is 1. The van der Waals surface area contributed by atoms with Gasteiger partial charge in [-0.15, -0.1) is 11.8 Å². The summed E-state index contributed by atoms with van der Waals surface area (Å²) in [5.41, 5.74) is 6.15. The number of fused-ring (bicyclic) bond motifs is 2. The van der Waals surface area contributed by atoms with E-state index >= 15 is 0 Å². The Morgan fingerprint density at radius 3 is 2.55 bits per heavy atom. The van der Waals surface area contributed by atoms with Gasteiger partial charge in [0.25, 0.3) is 21.6 Å². The molecule has 0 spiro atoms. The van der Waals surface area contributed by atoms with Gasteiger partial charge in [0.15, 0.2) is 0 Å². The summed E-state index contributed by atoms with van der Waals surface area (Å²) in [5.74, 6) is 0.544. The van der Waals surface area contributed by atoms with E-state index in [1.807, 2.05) is 24.3 Å². The number of pyridine rings is 1. The molecule has 13 nitrogen and oxygen atoms in total. The van der Waals surface area contributed by atoms with E-state index in [0.717, 1.165) is 112 Å². The first kappa shape index (κ1) is 44.3. The second-order valence-corrected chi connectivity index (χ2v) is 21.6. The van der Waals surface area contributed by atoms with Gasteiger partial charge in [0.2, 0.25) is 0 Å². The number of rotatable bonds is 12. The van der Waals surface area contributed by atoms with E-state index in [1.54, 1.807) is 30.6 Å². The number of piperidine rings is 1. The molecule has 1 aliphatic carbocycles. The summed E-state index contributed by atoms with van der Waals surface area (Å²) in [5, 5.41) is 13.9. The maximum absolute atomic E-state index is 14.1. The summed E-state index contributed by atoms with van der Waals surface area (Å²) in [6.45, 7) is 11.6. The lowest BCUT2D eigenvalue weighted by molar-refractivity contribution is -0.386. The Kier molecular flexibility index (Phi) is 12.8. The van der Waals surface area contributed by atoms with Gasteiger partial charge in [-0.2, -0.15) is 0 Å². The molecule has 16 heteroatoms. The van der Waals surface area contributed by atoms with Crippen LogP contribution >= 0.6 is 23.4 Å². The largest absolute Gasteiger partial charge is 0.455 e. The molecule has 5 aromatic rings. The van der Waals surface area contributed by atoms with Crippen molar-refractivity contribution in [1.29, 1.82) is 0 Å². The zero-order valence-electron chi connectivity index (χ0n) is 36.3. The number of sulfonamides is 1. The number of nitrogens with zero attached hydrogens (tertiary/aromatic N) is 5. The van der Waals surface area contributed by atoms with Gasteiger partial charge in [-0.1, -0.05) is 49.6 Å². The number of carbonyl (C=O) groups excluding carboxylic acids is 1. The van der Waals surface area contributed by atoms with E-state index in [-0.39, 0.29) is 33.2 Å². The molecule has 0 bridgehead atoms. The van der Waals surface area contributed by atoms with Crippen molar-refractivity contribution in [1.82, 2.24) is 24.5 Å². The normalized spacial score (nSPS) is 19.7. The van der Waals surface area contributed by atoms with Crippen LogP contribution in [0, 0.1) is 21.4 Å². The SMILES string of the molecule is CC1(C)CCC(CN2CCN(c3ccc(C(=O)NS(=O)(=O)c4cc5c(c([N+](=O)[O-])c4)C[C@H](CN4CCCCC4)CS5)c(Oc4cnc5[nH]ccc5c4)c3)CC2)=C(c2ccc(Cl)cc2)C1. The Bertz CT molecular complexity index is 2710. The molecule has 3 aliphatic heterocycles. The number of nitro groups is 1. The predicted molar refractivity (Wildman–Crippen MR) is 253 cm³/mol. The van der Waals surface area contributed by atoms with Crippen LogP contribution < -0.4 is 14.4 Å². The number of nitrogens with one attached hydrogen (secondary N) is 2. The van der Waals surface area contributed by atoms with Crippen molar-refractivity contribution in [2.75, 3.05) is 63.0 Å². The number of aromatic amines is 1. The molecule has 2 fully saturated rings. The average Bonchev–Trinajstić information content (AvgIpc) is 3.75. The quantitative estimate of drug-likeness (QED) is 0.0909. The van der Waals surface area contributed by atoms with Crippen molar-refractivity contribution >= 4 is 67.3 Å². The topological polar surface area (TPSA) is 154 Å². The molecule has 2 aromatic heterocycles. The van der Waals surface area contributed by atoms with E-state index < -0.39 is 20.9 Å². The number of H-pyrrole nitrogens is 1. The number of benzene rings is 3. The molecule has 4 aliphatic rings. The molecule has 0 saturated carbocycles. The minimum atomic E-state index is -4.55. The first-order valence-electron chi connectivity index (χ1n) is 22.2. The highest BCUT2D eigenvalue weighted by Gasteiger charge is 2.33. The minimum Gasteiger partial charge on any atom is -0.455 e. The summed E-state index contributed by atoms with van der Waals surface area (Å²) in [7, 11) is -4.55. The number of piperazine rings is 1. The Labute approximate surface area is 383 Å². The van der Waals surface area contributed by atoms with Crippen molar-refractivity contribution in [3.63, 3.8) is 0 Å². The number of nitro benzene ring substituents is 1. The molecule has 0 radical (unpaired) electrons. The Morgan fingerprint density at radius 2 is 1.78 bits per heavy atom. The van der Waals surface area contributed by atoms with Gasteiger partial charge >= 0.3 is 0 Å². The van der Waals surface area contributed by atoms with Gasteiger partial charge < -0.3 is 19.5 Å². The third-order valence-corrected chi connectivity index (χ3v) is 16.0. The second kappa shape index (κ2) is 18.5. The average molecular weight is 925 g/mol. The standard InChI is InChI=1S/C48H54ClN7O6S2/c1-48(2)14-12-35(42(27-48)33-6-8-36(49)9-7-33)30-54-18-20-55(21-19-54)37-10-11-40(44(24-37)62-38-23-34-13-15-50-46(34)51-28-38)47(57)52-64(60,61)39-25-43(56(58)59)41-22-32(31-63-45(41)26-39)29-53-16-4-3-5-17-53/h6-11,13,15,23-26,28,32H,3-5,12,14,16-22,27,29-31H2,1-2H3,(H,50,51)(H,52,57)/t32-/m1/s1. The van der Waals surface area contributed by atoms with Crippen LogP contribution in [0.5, 0.6) is 11.5 Å². The van der Waals surface area contributed by atoms with Crippen LogP contribution in [-0.2, 0) is 16.4 Å². The van der Waals surface area contributed by atoms with Gasteiger partial charge in [0, 0.05) is 89.9 Å². The van der Waals surface area contributed by atoms with Crippen LogP contribution in [0.1, 0.15) is 73.9 Å². The Balaban J connectivity index is 0.938. The monoisotopic (exact) mass is 923 g/mol. The maximum Gasteiger partial charge on any atom is 0.275 e. The molecule has 1 atom stereocenters. The molecule has 2 N–H and O–H groups in total. The first-order chi connectivity index (χ1) is 30.8. The summed E-state index contributed by atoms with van der Waals surface area (Å²) < 4.78 is 36.5. The van der Waals surface area contributed by atoms with E-state index in [2.05, 4.69) is 55.4 Å². The van der Waals surface area contributed by atoms with Gasteiger partial charge in [-0.25, -0.2) is 18.1 Å². The zero-order chi connectivity index (χ0) is 44.6. The molecule has 5 heterocycles. The zero-order valence-corrected chi connectivity index (χ0v) is 38.7. The van der Waals surface area contributed by atoms with E-state index in [1.165, 1.54) is 41.0 Å². The fourth-order valence-corrected chi connectivity index (χ4v) is 12.1. The lowest BCUT2D eigenvalue weighted by Gasteiger charge is -2.39. The van der Waals surface area contributed by atoms with Gasteiger partial charge in [-0.3, -0.25) is 19.8 Å². The van der Waals surface area contributed by atoms with Crippen molar-refractivity contribution in [2.24, 2.45) is 11.3 Å². The molecule has 3 aromatic carbocycles. The summed E-state index contributed by atoms with van der Waals surface area (Å²) in [4.78, 5) is 40.9. The molecule has 336 valence electrons. The van der Waals surface area contributed by atoms with Crippen LogP contribution in [0.4, 0.5) is 11.4 Å². The van der Waals surface area contributed by atoms with E-state index in [4.69, 9.17) is 16.3 Å². The first-order valence-corrected chi connectivity index (χ1v) is 25.0. The highest BCUT2D eigenvalue weighted by atomic mass is 35.5. The summed E-state index contributed by atoms with van der Waals surface area (Å²) >= 11 is 7.69. The van der Waals surface area contributed by atoms with Crippen molar-refractivity contribution in [3.05, 3.63) is 117 Å². The third-order valence-electron chi connectivity index (χ3n) is 13.2. The number of anilines is 1. The fourth-order valence-electron chi connectivity index (χ4n) is 9.65. The Hall–Kier alpha value is -4.93. The lowest BCUT2D eigenvalue weighted by atomic mass is 9.72. The molecule has 1 amide bonds. The summed E-state index contributed by atoms with van der Waals surface area (Å²) in [6.07, 6.45) is 10.6. The smallest absolute Gasteiger partial charge is 0.275 e. The van der Waals surface area contributed by atoms with Crippen molar-refractivity contribution < 1.29 is 22.9 Å². The number of ether oxygens (including phenoxy) is 1. The number of halogens is 1. The second-order valence-electron chi connectivity index (χ2n) is 18.4. The molecule has 2 saturated heterocycles. The molecule has 9 rings (SSSR count). The molecule has 0 unspecified atom stereocenters. The fraction of sp³-hybridized carbons (Fsp3) is 0.417. The maximum atomic E-state index is 14.1. The number of hydrogen-bond acceptors (Lipinski definition) is 11. The minimum absolute atomic E-state index is 0.00981. The highest BCUT2D eigenvalue weighted by Crippen LogP contribution is 2.44. The molecular formula is C48H54ClN7O6S2. The number of hydrogen-bond donors (Lipinski definition) is 2. The highest BCUT2D eigenvalue weighted by molar-refractivity contribution is 7.99. The Morgan fingerprint density at radius 1 is 1.00 bits per heavy atom. The van der Waals surface area contributed by atoms with Crippen LogP contribution in [0.3, 0.4) is 0 Å². The van der Waals surface area contributed by atoms with Gasteiger partial charge in [-0.05, 0) is 117 Å². The van der Waals surface area contributed by atoms with Crippen LogP contribution in [0.15, 0.2) is 94.5 Å². The van der Waals surface area contributed by atoms with Gasteiger partial charge in [0.05, 0.1) is 21.6 Å². The van der Waals surface area contributed by atoms with Gasteiger partial charge in [0.1, 0.15) is 17.1 Å². The van der Waals surface area contributed by atoms with E-state index in [0.29, 0.717) is 28.3 Å². The number of likely N-dealkylation sites (tertiary alicyclic amines) is 1. The van der Waals surface area contributed by atoms with Crippen LogP contribution in [0.2, 0.25) is 5.02 Å². The third kappa shape index (κ3) is 9.98.